The van der Waals surface area contributed by atoms with E-state index in [9.17, 15) is 9.59 Å². The van der Waals surface area contributed by atoms with Crippen molar-refractivity contribution in [2.75, 3.05) is 6.61 Å². The third-order valence-corrected chi connectivity index (χ3v) is 3.57. The standard InChI is InChI=1S/C13H15N3O4/c1-7-4-9(6-17)20-12(7)16-5-8-2-3-10(18)14-11(8)15-13(16)19/h2-3,5,7,9,12,17H,4,6H2,1H3,(H,14,15,18,19)/t7-,9-,12+/m0/s1. The normalized spacial score (nSPS) is 26.2. The summed E-state index contributed by atoms with van der Waals surface area (Å²) in [6.45, 7) is 1.90. The number of pyridine rings is 1. The first-order valence-electron chi connectivity index (χ1n) is 6.47. The van der Waals surface area contributed by atoms with Gasteiger partial charge in [-0.15, -0.1) is 0 Å². The number of hydrogen-bond acceptors (Lipinski definition) is 5. The van der Waals surface area contributed by atoms with Crippen molar-refractivity contribution in [2.45, 2.75) is 25.7 Å². The molecule has 7 nitrogen and oxygen atoms in total. The van der Waals surface area contributed by atoms with Crippen molar-refractivity contribution in [1.29, 1.82) is 0 Å². The molecule has 2 N–H and O–H groups in total. The number of rotatable bonds is 2. The average molecular weight is 277 g/mol. The molecule has 20 heavy (non-hydrogen) atoms. The summed E-state index contributed by atoms with van der Waals surface area (Å²) in [5.41, 5.74) is -0.508. The highest BCUT2D eigenvalue weighted by atomic mass is 16.5. The van der Waals surface area contributed by atoms with Crippen LogP contribution < -0.4 is 11.2 Å². The highest BCUT2D eigenvalue weighted by Crippen LogP contribution is 2.33. The van der Waals surface area contributed by atoms with E-state index in [1.807, 2.05) is 6.92 Å². The Bertz CT molecular complexity index is 751. The molecule has 106 valence electrons. The maximum absolute atomic E-state index is 12.1. The van der Waals surface area contributed by atoms with E-state index in [4.69, 9.17) is 9.84 Å². The molecule has 2 aromatic rings. The van der Waals surface area contributed by atoms with Crippen molar-refractivity contribution in [2.24, 2.45) is 5.92 Å². The number of H-pyrrole nitrogens is 1. The molecule has 3 atom stereocenters. The average Bonchev–Trinajstić information content (AvgIpc) is 2.79. The van der Waals surface area contributed by atoms with Crippen LogP contribution in [0.1, 0.15) is 19.6 Å². The van der Waals surface area contributed by atoms with Crippen LogP contribution in [0.3, 0.4) is 0 Å². The quantitative estimate of drug-likeness (QED) is 0.805. The Balaban J connectivity index is 2.08. The van der Waals surface area contributed by atoms with Gasteiger partial charge in [0, 0.05) is 23.6 Å². The third-order valence-electron chi connectivity index (χ3n) is 3.57. The van der Waals surface area contributed by atoms with Gasteiger partial charge in [0.15, 0.2) is 0 Å². The number of hydrogen-bond donors (Lipinski definition) is 2. The van der Waals surface area contributed by atoms with E-state index < -0.39 is 11.9 Å². The molecule has 1 aliphatic rings. The van der Waals surface area contributed by atoms with E-state index >= 15 is 0 Å². The Morgan fingerprint density at radius 2 is 2.30 bits per heavy atom. The summed E-state index contributed by atoms with van der Waals surface area (Å²) < 4.78 is 7.08. The first-order valence-corrected chi connectivity index (χ1v) is 6.47. The number of fused-ring (bicyclic) bond motifs is 1. The predicted octanol–water partition coefficient (Wildman–Crippen LogP) is 0.000700. The minimum Gasteiger partial charge on any atom is -0.394 e. The Hall–Kier alpha value is -1.99. The molecule has 1 fully saturated rings. The Labute approximate surface area is 113 Å². The first-order chi connectivity index (χ1) is 9.58. The van der Waals surface area contributed by atoms with Crippen molar-refractivity contribution in [1.82, 2.24) is 14.5 Å². The molecule has 0 aliphatic carbocycles. The summed E-state index contributed by atoms with van der Waals surface area (Å²) in [5, 5.41) is 9.81. The van der Waals surface area contributed by atoms with Gasteiger partial charge in [0.05, 0.1) is 12.7 Å². The molecule has 0 bridgehead atoms. The number of aromatic amines is 1. The molecule has 0 radical (unpaired) electrons. The van der Waals surface area contributed by atoms with Crippen LogP contribution in [-0.2, 0) is 4.74 Å². The Morgan fingerprint density at radius 1 is 1.50 bits per heavy atom. The lowest BCUT2D eigenvalue weighted by Gasteiger charge is -2.18. The lowest BCUT2D eigenvalue weighted by atomic mass is 10.1. The minimum absolute atomic E-state index is 0.0656. The van der Waals surface area contributed by atoms with Gasteiger partial charge in [-0.3, -0.25) is 9.36 Å². The van der Waals surface area contributed by atoms with Crippen LogP contribution in [0.25, 0.3) is 11.0 Å². The molecule has 0 spiro atoms. The Morgan fingerprint density at radius 3 is 3.00 bits per heavy atom. The molecule has 0 amide bonds. The minimum atomic E-state index is -0.477. The highest BCUT2D eigenvalue weighted by molar-refractivity contribution is 5.72. The fourth-order valence-corrected chi connectivity index (χ4v) is 2.59. The van der Waals surface area contributed by atoms with Crippen molar-refractivity contribution < 1.29 is 9.84 Å². The number of aliphatic hydroxyl groups is 1. The van der Waals surface area contributed by atoms with Crippen molar-refractivity contribution in [3.8, 4) is 0 Å². The van der Waals surface area contributed by atoms with E-state index in [0.29, 0.717) is 11.8 Å². The van der Waals surface area contributed by atoms with E-state index in [2.05, 4.69) is 9.97 Å². The number of aromatic nitrogens is 3. The molecule has 3 heterocycles. The summed E-state index contributed by atoms with van der Waals surface area (Å²) in [5.74, 6) is 0.104. The molecule has 0 aromatic carbocycles. The SMILES string of the molecule is C[C@H]1C[C@@H](CO)O[C@H]1n1cc2ccc(=O)[nH]c2nc1=O. The van der Waals surface area contributed by atoms with Crippen LogP contribution in [-0.4, -0.2) is 32.4 Å². The van der Waals surface area contributed by atoms with E-state index in [0.717, 1.165) is 0 Å². The van der Waals surface area contributed by atoms with Crippen molar-refractivity contribution >= 4 is 11.0 Å². The van der Waals surface area contributed by atoms with Gasteiger partial charge >= 0.3 is 5.69 Å². The van der Waals surface area contributed by atoms with Crippen LogP contribution in [0.15, 0.2) is 27.9 Å². The number of nitrogens with one attached hydrogen (secondary N) is 1. The predicted molar refractivity (Wildman–Crippen MR) is 71.4 cm³/mol. The molecule has 0 saturated carbocycles. The zero-order valence-electron chi connectivity index (χ0n) is 10.9. The Kier molecular flexibility index (Phi) is 3.15. The van der Waals surface area contributed by atoms with Crippen LogP contribution in [0, 0.1) is 5.92 Å². The fraction of sp³-hybridized carbons (Fsp3) is 0.462. The van der Waals surface area contributed by atoms with Crippen LogP contribution in [0.4, 0.5) is 0 Å². The molecular formula is C13H15N3O4. The monoisotopic (exact) mass is 277 g/mol. The topological polar surface area (TPSA) is 97.2 Å². The molecule has 2 aromatic heterocycles. The van der Waals surface area contributed by atoms with Gasteiger partial charge in [-0.05, 0) is 12.5 Å². The highest BCUT2D eigenvalue weighted by Gasteiger charge is 2.33. The molecule has 3 rings (SSSR count). The number of aliphatic hydroxyl groups excluding tert-OH is 1. The van der Waals surface area contributed by atoms with E-state index in [1.165, 1.54) is 10.6 Å². The van der Waals surface area contributed by atoms with Gasteiger partial charge in [0.1, 0.15) is 11.9 Å². The third kappa shape index (κ3) is 2.14. The molecule has 7 heteroatoms. The summed E-state index contributed by atoms with van der Waals surface area (Å²) in [7, 11) is 0. The number of nitrogens with zero attached hydrogens (tertiary/aromatic N) is 2. The summed E-state index contributed by atoms with van der Waals surface area (Å²) in [6.07, 6.45) is 1.62. The first kappa shape index (κ1) is 13.0. The lowest BCUT2D eigenvalue weighted by Crippen LogP contribution is -2.29. The lowest BCUT2D eigenvalue weighted by molar-refractivity contribution is -0.0333. The fourth-order valence-electron chi connectivity index (χ4n) is 2.59. The van der Waals surface area contributed by atoms with Gasteiger partial charge in [0.25, 0.3) is 0 Å². The summed E-state index contributed by atoms with van der Waals surface area (Å²) in [6, 6.07) is 2.99. The van der Waals surface area contributed by atoms with Crippen molar-refractivity contribution in [3.05, 3.63) is 39.2 Å². The van der Waals surface area contributed by atoms with E-state index in [-0.39, 0.29) is 29.8 Å². The molecular weight excluding hydrogens is 262 g/mol. The van der Waals surface area contributed by atoms with Crippen LogP contribution in [0.2, 0.25) is 0 Å². The van der Waals surface area contributed by atoms with Gasteiger partial charge in [-0.2, -0.15) is 4.98 Å². The van der Waals surface area contributed by atoms with Gasteiger partial charge < -0.3 is 14.8 Å². The maximum atomic E-state index is 12.1. The van der Waals surface area contributed by atoms with Crippen molar-refractivity contribution in [3.63, 3.8) is 0 Å². The second-order valence-electron chi connectivity index (χ2n) is 5.10. The van der Waals surface area contributed by atoms with Gasteiger partial charge in [-0.1, -0.05) is 6.92 Å². The zero-order valence-corrected chi connectivity index (χ0v) is 10.9. The smallest absolute Gasteiger partial charge is 0.351 e. The maximum Gasteiger partial charge on any atom is 0.351 e. The molecule has 1 saturated heterocycles. The van der Waals surface area contributed by atoms with Gasteiger partial charge in [0.2, 0.25) is 5.56 Å². The second kappa shape index (κ2) is 4.84. The van der Waals surface area contributed by atoms with Gasteiger partial charge in [-0.25, -0.2) is 4.79 Å². The van der Waals surface area contributed by atoms with E-state index in [1.54, 1.807) is 12.3 Å². The van der Waals surface area contributed by atoms with Crippen LogP contribution >= 0.6 is 0 Å². The largest absolute Gasteiger partial charge is 0.394 e. The summed E-state index contributed by atoms with van der Waals surface area (Å²) >= 11 is 0. The number of ether oxygens (including phenoxy) is 1. The summed E-state index contributed by atoms with van der Waals surface area (Å²) in [4.78, 5) is 29.7. The second-order valence-corrected chi connectivity index (χ2v) is 5.10. The molecule has 1 aliphatic heterocycles. The molecule has 0 unspecified atom stereocenters. The zero-order chi connectivity index (χ0) is 14.3. The van der Waals surface area contributed by atoms with Crippen LogP contribution in [0.5, 0.6) is 0 Å².